The van der Waals surface area contributed by atoms with Crippen molar-refractivity contribution in [2.24, 2.45) is 11.7 Å². The Kier molecular flexibility index (Phi) is 2.54. The Balaban J connectivity index is 1.95. The van der Waals surface area contributed by atoms with Crippen LogP contribution < -0.4 is 5.73 Å². The van der Waals surface area contributed by atoms with Gasteiger partial charge < -0.3 is 10.6 Å². The molecule has 74 valence electrons. The first-order chi connectivity index (χ1) is 6.31. The number of likely N-dealkylation sites (tertiary alicyclic amines) is 1. The number of amides is 1. The first-order valence-corrected chi connectivity index (χ1v) is 5.31. The van der Waals surface area contributed by atoms with Crippen molar-refractivity contribution in [2.75, 3.05) is 13.1 Å². The van der Waals surface area contributed by atoms with Gasteiger partial charge in [-0.25, -0.2) is 0 Å². The average molecular weight is 182 g/mol. The van der Waals surface area contributed by atoms with E-state index in [0.717, 1.165) is 6.54 Å². The van der Waals surface area contributed by atoms with Gasteiger partial charge in [-0.2, -0.15) is 0 Å². The molecule has 2 rings (SSSR count). The van der Waals surface area contributed by atoms with Crippen LogP contribution in [-0.2, 0) is 4.79 Å². The molecule has 2 N–H and O–H groups in total. The van der Waals surface area contributed by atoms with Gasteiger partial charge in [0.25, 0.3) is 0 Å². The van der Waals surface area contributed by atoms with Crippen LogP contribution in [0.15, 0.2) is 0 Å². The summed E-state index contributed by atoms with van der Waals surface area (Å²) >= 11 is 0. The maximum Gasteiger partial charge on any atom is 0.223 e. The van der Waals surface area contributed by atoms with Crippen LogP contribution in [0.5, 0.6) is 0 Å². The van der Waals surface area contributed by atoms with E-state index in [4.69, 9.17) is 5.73 Å². The van der Waals surface area contributed by atoms with Crippen LogP contribution in [0.3, 0.4) is 0 Å². The lowest BCUT2D eigenvalue weighted by molar-refractivity contribution is -0.129. The second-order valence-electron chi connectivity index (χ2n) is 4.29. The molecule has 3 heteroatoms. The number of rotatable bonds is 2. The van der Waals surface area contributed by atoms with Crippen molar-refractivity contribution in [3.8, 4) is 0 Å². The molecule has 0 aromatic rings. The fraction of sp³-hybridized carbons (Fsp3) is 0.900. The van der Waals surface area contributed by atoms with Gasteiger partial charge in [0.15, 0.2) is 0 Å². The van der Waals surface area contributed by atoms with Crippen molar-refractivity contribution >= 4 is 5.91 Å². The Morgan fingerprint density at radius 1 is 1.38 bits per heavy atom. The predicted octanol–water partition coefficient (Wildman–Crippen LogP) is 0.736. The molecule has 1 heterocycles. The minimum atomic E-state index is 0.336. The van der Waals surface area contributed by atoms with Crippen LogP contribution in [0.2, 0.25) is 0 Å². The topological polar surface area (TPSA) is 46.3 Å². The van der Waals surface area contributed by atoms with Gasteiger partial charge in [0.1, 0.15) is 0 Å². The van der Waals surface area contributed by atoms with Gasteiger partial charge in [-0.15, -0.1) is 0 Å². The highest BCUT2D eigenvalue weighted by molar-refractivity contribution is 5.79. The molecular formula is C10H18N2O. The van der Waals surface area contributed by atoms with Gasteiger partial charge in [0.05, 0.1) is 0 Å². The highest BCUT2D eigenvalue weighted by atomic mass is 16.2. The minimum Gasteiger partial charge on any atom is -0.339 e. The zero-order chi connectivity index (χ0) is 9.26. The Bertz CT molecular complexity index is 199. The number of nitrogens with two attached hydrogens (primary N) is 1. The molecule has 0 aromatic carbocycles. The number of hydrogen-bond donors (Lipinski definition) is 1. The summed E-state index contributed by atoms with van der Waals surface area (Å²) in [4.78, 5) is 13.7. The average Bonchev–Trinajstić information content (AvgIpc) is 2.72. The molecule has 13 heavy (non-hydrogen) atoms. The Morgan fingerprint density at radius 2 is 2.08 bits per heavy atom. The number of hydrogen-bond acceptors (Lipinski definition) is 2. The molecule has 0 radical (unpaired) electrons. The summed E-state index contributed by atoms with van der Waals surface area (Å²) in [6.45, 7) is 1.58. The Labute approximate surface area is 79.3 Å². The van der Waals surface area contributed by atoms with E-state index in [2.05, 4.69) is 4.90 Å². The molecular weight excluding hydrogens is 164 g/mol. The quantitative estimate of drug-likeness (QED) is 0.684. The molecule has 1 saturated heterocycles. The molecule has 0 aromatic heterocycles. The third-order valence-corrected chi connectivity index (χ3v) is 3.34. The molecule has 1 aliphatic heterocycles. The zero-order valence-electron chi connectivity index (χ0n) is 8.04. The van der Waals surface area contributed by atoms with Crippen LogP contribution in [-0.4, -0.2) is 29.9 Å². The monoisotopic (exact) mass is 182 g/mol. The fourth-order valence-corrected chi connectivity index (χ4v) is 2.54. The number of carbonyl (C=O) groups excluding carboxylic acids is 1. The van der Waals surface area contributed by atoms with E-state index in [1.165, 1.54) is 25.7 Å². The first kappa shape index (κ1) is 9.00. The van der Waals surface area contributed by atoms with Crippen LogP contribution in [0, 0.1) is 5.92 Å². The molecule has 2 fully saturated rings. The summed E-state index contributed by atoms with van der Waals surface area (Å²) in [5.74, 6) is 0.760. The lowest BCUT2D eigenvalue weighted by Crippen LogP contribution is -2.34. The van der Waals surface area contributed by atoms with Crippen LogP contribution in [0.4, 0.5) is 0 Å². The lowest BCUT2D eigenvalue weighted by atomic mass is 10.1. The predicted molar refractivity (Wildman–Crippen MR) is 51.1 cm³/mol. The highest BCUT2D eigenvalue weighted by Gasteiger charge is 2.34. The molecule has 0 bridgehead atoms. The van der Waals surface area contributed by atoms with Crippen molar-refractivity contribution in [1.82, 2.24) is 4.90 Å². The van der Waals surface area contributed by atoms with Crippen molar-refractivity contribution < 1.29 is 4.79 Å². The zero-order valence-corrected chi connectivity index (χ0v) is 8.04. The third-order valence-electron chi connectivity index (χ3n) is 3.34. The van der Waals surface area contributed by atoms with Crippen molar-refractivity contribution in [2.45, 2.75) is 38.1 Å². The van der Waals surface area contributed by atoms with Gasteiger partial charge in [0, 0.05) is 19.0 Å². The fourth-order valence-electron chi connectivity index (χ4n) is 2.54. The summed E-state index contributed by atoms with van der Waals surface area (Å²) < 4.78 is 0. The normalized spacial score (nSPS) is 30.4. The molecule has 3 nitrogen and oxygen atoms in total. The second-order valence-corrected chi connectivity index (χ2v) is 4.29. The molecule has 1 aliphatic carbocycles. The van der Waals surface area contributed by atoms with E-state index in [9.17, 15) is 4.79 Å². The summed E-state index contributed by atoms with van der Waals surface area (Å²) in [7, 11) is 0. The first-order valence-electron chi connectivity index (χ1n) is 5.31. The highest BCUT2D eigenvalue weighted by Crippen LogP contribution is 2.28. The molecule has 1 saturated carbocycles. The van der Waals surface area contributed by atoms with Crippen molar-refractivity contribution in [1.29, 1.82) is 0 Å². The maximum absolute atomic E-state index is 11.6. The Hall–Kier alpha value is -0.570. The van der Waals surface area contributed by atoms with Gasteiger partial charge >= 0.3 is 0 Å². The maximum atomic E-state index is 11.6. The Morgan fingerprint density at radius 3 is 2.62 bits per heavy atom. The minimum absolute atomic E-state index is 0.336. The summed E-state index contributed by atoms with van der Waals surface area (Å²) in [5.41, 5.74) is 5.58. The third kappa shape index (κ3) is 1.70. The largest absolute Gasteiger partial charge is 0.339 e. The SMILES string of the molecule is NC[C@H]1CC(=O)N(C2CCCC2)C1. The van der Waals surface area contributed by atoms with E-state index in [-0.39, 0.29) is 0 Å². The lowest BCUT2D eigenvalue weighted by Gasteiger charge is -2.23. The van der Waals surface area contributed by atoms with Crippen molar-refractivity contribution in [3.63, 3.8) is 0 Å². The summed E-state index contributed by atoms with van der Waals surface area (Å²) in [5, 5.41) is 0. The summed E-state index contributed by atoms with van der Waals surface area (Å²) in [6, 6.07) is 0.545. The van der Waals surface area contributed by atoms with Crippen molar-refractivity contribution in [3.05, 3.63) is 0 Å². The van der Waals surface area contributed by atoms with Gasteiger partial charge in [-0.3, -0.25) is 4.79 Å². The number of carbonyl (C=O) groups is 1. The molecule has 2 aliphatic rings. The van der Waals surface area contributed by atoms with Gasteiger partial charge in [-0.05, 0) is 25.3 Å². The van der Waals surface area contributed by atoms with E-state index in [0.29, 0.717) is 30.8 Å². The molecule has 1 amide bonds. The van der Waals surface area contributed by atoms with Gasteiger partial charge in [-0.1, -0.05) is 12.8 Å². The number of nitrogens with zero attached hydrogens (tertiary/aromatic N) is 1. The van der Waals surface area contributed by atoms with E-state index >= 15 is 0 Å². The van der Waals surface area contributed by atoms with E-state index < -0.39 is 0 Å². The van der Waals surface area contributed by atoms with Crippen LogP contribution in [0.25, 0.3) is 0 Å². The molecule has 1 atom stereocenters. The van der Waals surface area contributed by atoms with Crippen LogP contribution >= 0.6 is 0 Å². The van der Waals surface area contributed by atoms with Gasteiger partial charge in [0.2, 0.25) is 5.91 Å². The van der Waals surface area contributed by atoms with E-state index in [1.807, 2.05) is 0 Å². The molecule has 0 unspecified atom stereocenters. The summed E-state index contributed by atoms with van der Waals surface area (Å²) in [6.07, 6.45) is 5.70. The standard InChI is InChI=1S/C10H18N2O/c11-6-8-5-10(13)12(7-8)9-3-1-2-4-9/h8-9H,1-7,11H2/t8-/m1/s1. The van der Waals surface area contributed by atoms with E-state index in [1.54, 1.807) is 0 Å². The molecule has 0 spiro atoms. The second kappa shape index (κ2) is 3.66. The van der Waals surface area contributed by atoms with Crippen LogP contribution in [0.1, 0.15) is 32.1 Å². The smallest absolute Gasteiger partial charge is 0.223 e.